The zero-order chi connectivity index (χ0) is 9.40. The Morgan fingerprint density at radius 1 is 1.42 bits per heavy atom. The number of hydrogen-bond acceptors (Lipinski definition) is 3. The zero-order valence-corrected chi connectivity index (χ0v) is 7.55. The van der Waals surface area contributed by atoms with Crippen LogP contribution in [0.1, 0.15) is 12.8 Å². The summed E-state index contributed by atoms with van der Waals surface area (Å²) in [6.45, 7) is -0.494. The summed E-state index contributed by atoms with van der Waals surface area (Å²) >= 11 is 5.37. The van der Waals surface area contributed by atoms with E-state index < -0.39 is 6.04 Å². The van der Waals surface area contributed by atoms with Crippen LogP contribution in [0.3, 0.4) is 0 Å². The Hall–Kier alpha value is -0.320. The van der Waals surface area contributed by atoms with Crippen molar-refractivity contribution in [1.82, 2.24) is 5.32 Å². The summed E-state index contributed by atoms with van der Waals surface area (Å²) in [7, 11) is 0. The fourth-order valence-corrected chi connectivity index (χ4v) is 0.810. The highest BCUT2D eigenvalue weighted by Crippen LogP contribution is 1.92. The normalized spacial score (nSPS) is 10.3. The van der Waals surface area contributed by atoms with Crippen LogP contribution in [0, 0.1) is 0 Å². The molecule has 0 bridgehead atoms. The summed E-state index contributed by atoms with van der Waals surface area (Å²) in [5, 5.41) is 19.7. The summed E-state index contributed by atoms with van der Waals surface area (Å²) in [5.41, 5.74) is 0. The Balaban J connectivity index is 3.52. The van der Waals surface area contributed by atoms with E-state index in [9.17, 15) is 4.79 Å². The first kappa shape index (κ1) is 11.7. The molecule has 72 valence electrons. The summed E-state index contributed by atoms with van der Waals surface area (Å²) in [6.07, 6.45) is 0.941. The molecule has 12 heavy (non-hydrogen) atoms. The number of nitrogens with one attached hydrogen (secondary N) is 1. The minimum absolute atomic E-state index is 0.191. The van der Waals surface area contributed by atoms with Crippen molar-refractivity contribution in [2.75, 3.05) is 19.1 Å². The maximum atomic E-state index is 10.9. The largest absolute Gasteiger partial charge is 0.394 e. The average molecular weight is 196 g/mol. The van der Waals surface area contributed by atoms with Gasteiger partial charge in [-0.05, 0) is 6.42 Å². The first-order valence-corrected chi connectivity index (χ1v) is 4.35. The van der Waals surface area contributed by atoms with Gasteiger partial charge in [-0.3, -0.25) is 4.79 Å². The molecule has 0 heterocycles. The van der Waals surface area contributed by atoms with Crippen LogP contribution in [0.15, 0.2) is 0 Å². The predicted molar refractivity (Wildman–Crippen MR) is 46.1 cm³/mol. The molecule has 0 radical (unpaired) electrons. The molecule has 0 spiro atoms. The molecule has 0 unspecified atom stereocenters. The number of alkyl halides is 1. The fraction of sp³-hybridized carbons (Fsp3) is 0.857. The van der Waals surface area contributed by atoms with Gasteiger partial charge in [0, 0.05) is 12.3 Å². The summed E-state index contributed by atoms with van der Waals surface area (Å²) in [6, 6.07) is -0.548. The zero-order valence-electron chi connectivity index (χ0n) is 6.79. The second-order valence-electron chi connectivity index (χ2n) is 2.42. The van der Waals surface area contributed by atoms with Gasteiger partial charge in [0.15, 0.2) is 0 Å². The standard InChI is InChI=1S/C7H14ClNO3/c8-3-1-2-7(12)9-6(4-10)5-11/h6,10-11H,1-5H2,(H,9,12). The quantitative estimate of drug-likeness (QED) is 0.500. The van der Waals surface area contributed by atoms with Crippen molar-refractivity contribution in [3.8, 4) is 0 Å². The van der Waals surface area contributed by atoms with Crippen LogP contribution in [0.5, 0.6) is 0 Å². The second kappa shape index (κ2) is 7.34. The van der Waals surface area contributed by atoms with E-state index in [1.807, 2.05) is 0 Å². The van der Waals surface area contributed by atoms with Crippen LogP contribution in [0.2, 0.25) is 0 Å². The molecule has 3 N–H and O–H groups in total. The molecule has 0 atom stereocenters. The summed E-state index contributed by atoms with van der Waals surface area (Å²) < 4.78 is 0. The van der Waals surface area contributed by atoms with Crippen molar-refractivity contribution in [2.45, 2.75) is 18.9 Å². The molecule has 5 heteroatoms. The third-order valence-electron chi connectivity index (χ3n) is 1.34. The van der Waals surface area contributed by atoms with Crippen molar-refractivity contribution in [3.63, 3.8) is 0 Å². The molecular weight excluding hydrogens is 182 g/mol. The smallest absolute Gasteiger partial charge is 0.220 e. The lowest BCUT2D eigenvalue weighted by Crippen LogP contribution is -2.39. The van der Waals surface area contributed by atoms with Gasteiger partial charge < -0.3 is 15.5 Å². The van der Waals surface area contributed by atoms with Gasteiger partial charge in [-0.1, -0.05) is 0 Å². The molecule has 0 aromatic rings. The third-order valence-corrected chi connectivity index (χ3v) is 1.61. The molecule has 0 aliphatic carbocycles. The molecule has 0 saturated heterocycles. The van der Waals surface area contributed by atoms with Gasteiger partial charge in [0.05, 0.1) is 19.3 Å². The number of carbonyl (C=O) groups excluding carboxylic acids is 1. The Morgan fingerprint density at radius 2 is 2.00 bits per heavy atom. The second-order valence-corrected chi connectivity index (χ2v) is 2.80. The minimum atomic E-state index is -0.548. The molecule has 0 fully saturated rings. The molecular formula is C7H14ClNO3. The van der Waals surface area contributed by atoms with Crippen molar-refractivity contribution in [3.05, 3.63) is 0 Å². The molecule has 0 aliphatic rings. The molecule has 0 aliphatic heterocycles. The number of aliphatic hydroxyl groups excluding tert-OH is 2. The lowest BCUT2D eigenvalue weighted by atomic mass is 10.3. The lowest BCUT2D eigenvalue weighted by molar-refractivity contribution is -0.122. The summed E-state index contributed by atoms with van der Waals surface area (Å²) in [5.74, 6) is 0.250. The first-order valence-electron chi connectivity index (χ1n) is 3.81. The molecule has 0 rings (SSSR count). The minimum Gasteiger partial charge on any atom is -0.394 e. The van der Waals surface area contributed by atoms with E-state index in [0.717, 1.165) is 0 Å². The highest BCUT2D eigenvalue weighted by Gasteiger charge is 2.08. The highest BCUT2D eigenvalue weighted by molar-refractivity contribution is 6.17. The topological polar surface area (TPSA) is 69.6 Å². The molecule has 1 amide bonds. The first-order chi connectivity index (χ1) is 5.74. The number of rotatable bonds is 6. The van der Waals surface area contributed by atoms with Crippen molar-refractivity contribution < 1.29 is 15.0 Å². The van der Waals surface area contributed by atoms with E-state index in [2.05, 4.69) is 5.32 Å². The van der Waals surface area contributed by atoms with E-state index in [1.165, 1.54) is 0 Å². The number of amides is 1. The van der Waals surface area contributed by atoms with E-state index in [4.69, 9.17) is 21.8 Å². The van der Waals surface area contributed by atoms with Crippen LogP contribution >= 0.6 is 11.6 Å². The van der Waals surface area contributed by atoms with E-state index >= 15 is 0 Å². The molecule has 0 aromatic carbocycles. The summed E-state index contributed by atoms with van der Waals surface area (Å²) in [4.78, 5) is 10.9. The Kier molecular flexibility index (Phi) is 7.14. The maximum absolute atomic E-state index is 10.9. The van der Waals surface area contributed by atoms with Crippen LogP contribution in [0.25, 0.3) is 0 Å². The Morgan fingerprint density at radius 3 is 2.42 bits per heavy atom. The van der Waals surface area contributed by atoms with Crippen LogP contribution < -0.4 is 5.32 Å². The van der Waals surface area contributed by atoms with Gasteiger partial charge >= 0.3 is 0 Å². The third kappa shape index (κ3) is 5.35. The number of hydrogen-bond donors (Lipinski definition) is 3. The molecule has 4 nitrogen and oxygen atoms in total. The van der Waals surface area contributed by atoms with Crippen LogP contribution in [-0.4, -0.2) is 41.3 Å². The van der Waals surface area contributed by atoms with Crippen molar-refractivity contribution >= 4 is 17.5 Å². The van der Waals surface area contributed by atoms with Crippen LogP contribution in [0.4, 0.5) is 0 Å². The predicted octanol–water partition coefficient (Wildman–Crippen LogP) is -0.525. The van der Waals surface area contributed by atoms with Gasteiger partial charge in [-0.2, -0.15) is 0 Å². The number of aliphatic hydroxyl groups is 2. The Labute approximate surface area is 76.5 Å². The monoisotopic (exact) mass is 195 g/mol. The van der Waals surface area contributed by atoms with Gasteiger partial charge in [0.2, 0.25) is 5.91 Å². The average Bonchev–Trinajstić information content (AvgIpc) is 2.10. The highest BCUT2D eigenvalue weighted by atomic mass is 35.5. The van der Waals surface area contributed by atoms with Gasteiger partial charge in [-0.25, -0.2) is 0 Å². The lowest BCUT2D eigenvalue weighted by Gasteiger charge is -2.12. The van der Waals surface area contributed by atoms with Gasteiger partial charge in [-0.15, -0.1) is 11.6 Å². The van der Waals surface area contributed by atoms with E-state index in [-0.39, 0.29) is 19.1 Å². The molecule has 0 saturated carbocycles. The SMILES string of the molecule is O=C(CCCCl)NC(CO)CO. The number of halogens is 1. The van der Waals surface area contributed by atoms with Gasteiger partial charge in [0.1, 0.15) is 0 Å². The van der Waals surface area contributed by atoms with Crippen LogP contribution in [-0.2, 0) is 4.79 Å². The van der Waals surface area contributed by atoms with E-state index in [1.54, 1.807) is 0 Å². The van der Waals surface area contributed by atoms with Crippen molar-refractivity contribution in [2.24, 2.45) is 0 Å². The van der Waals surface area contributed by atoms with Crippen molar-refractivity contribution in [1.29, 1.82) is 0 Å². The van der Waals surface area contributed by atoms with E-state index in [0.29, 0.717) is 18.7 Å². The number of carbonyl (C=O) groups is 1. The van der Waals surface area contributed by atoms with Gasteiger partial charge in [0.25, 0.3) is 0 Å². The Bertz CT molecular complexity index is 128. The molecule has 0 aromatic heterocycles. The maximum Gasteiger partial charge on any atom is 0.220 e. The fourth-order valence-electron chi connectivity index (χ4n) is 0.676.